The van der Waals surface area contributed by atoms with Crippen molar-refractivity contribution in [2.45, 2.75) is 18.9 Å². The summed E-state index contributed by atoms with van der Waals surface area (Å²) >= 11 is 12.2. The Morgan fingerprint density at radius 3 is 2.40 bits per heavy atom. The van der Waals surface area contributed by atoms with Gasteiger partial charge in [-0.3, -0.25) is 0 Å². The maximum absolute atomic E-state index is 10.2. The van der Waals surface area contributed by atoms with E-state index in [-0.39, 0.29) is 0 Å². The number of aliphatic hydroxyl groups is 1. The van der Waals surface area contributed by atoms with Gasteiger partial charge in [0.2, 0.25) is 5.88 Å². The molecule has 1 heterocycles. The second-order valence-corrected chi connectivity index (χ2v) is 5.29. The van der Waals surface area contributed by atoms with Crippen molar-refractivity contribution in [3.63, 3.8) is 0 Å². The van der Waals surface area contributed by atoms with Crippen molar-refractivity contribution in [2.75, 3.05) is 7.11 Å². The largest absolute Gasteiger partial charge is 0.481 e. The molecule has 0 aliphatic carbocycles. The highest BCUT2D eigenvalue weighted by molar-refractivity contribution is 6.35. The maximum atomic E-state index is 10.2. The Bertz CT molecular complexity index is 552. The van der Waals surface area contributed by atoms with Gasteiger partial charge in [-0.1, -0.05) is 35.3 Å². The molecule has 5 heteroatoms. The number of hydrogen-bond acceptors (Lipinski definition) is 3. The highest BCUT2D eigenvalue weighted by Gasteiger charge is 2.12. The van der Waals surface area contributed by atoms with Crippen molar-refractivity contribution < 1.29 is 9.84 Å². The number of aromatic nitrogens is 1. The first-order chi connectivity index (χ1) is 9.60. The molecule has 0 saturated carbocycles. The third-order valence-corrected chi connectivity index (χ3v) is 3.69. The average Bonchev–Trinajstić information content (AvgIpc) is 2.44. The van der Waals surface area contributed by atoms with Crippen LogP contribution in [0.15, 0.2) is 36.5 Å². The molecular weight excluding hydrogens is 297 g/mol. The van der Waals surface area contributed by atoms with Gasteiger partial charge < -0.3 is 9.84 Å². The lowest BCUT2D eigenvalue weighted by Crippen LogP contribution is -2.14. The van der Waals surface area contributed by atoms with Crippen LogP contribution in [-0.4, -0.2) is 23.3 Å². The fraction of sp³-hybridized carbons (Fsp3) is 0.267. The van der Waals surface area contributed by atoms with E-state index in [4.69, 9.17) is 27.9 Å². The molecule has 0 aliphatic heterocycles. The fourth-order valence-electron chi connectivity index (χ4n) is 1.96. The van der Waals surface area contributed by atoms with Crippen molar-refractivity contribution in [3.05, 3.63) is 57.7 Å². The first-order valence-corrected chi connectivity index (χ1v) is 6.95. The van der Waals surface area contributed by atoms with Crippen molar-refractivity contribution in [1.29, 1.82) is 0 Å². The van der Waals surface area contributed by atoms with Gasteiger partial charge in [-0.25, -0.2) is 4.98 Å². The molecule has 1 N–H and O–H groups in total. The van der Waals surface area contributed by atoms with Gasteiger partial charge >= 0.3 is 0 Å². The fourth-order valence-corrected chi connectivity index (χ4v) is 2.51. The minimum absolute atomic E-state index is 0.407. The molecule has 0 fully saturated rings. The van der Waals surface area contributed by atoms with Crippen LogP contribution in [0, 0.1) is 0 Å². The Kier molecular flexibility index (Phi) is 5.24. The van der Waals surface area contributed by atoms with Gasteiger partial charge in [-0.2, -0.15) is 0 Å². The highest BCUT2D eigenvalue weighted by Crippen LogP contribution is 2.26. The SMILES string of the molecule is COc1ccc(CC(O)Cc2c(Cl)cccc2Cl)cn1. The van der Waals surface area contributed by atoms with Crippen LogP contribution in [0.5, 0.6) is 5.88 Å². The Morgan fingerprint density at radius 2 is 1.85 bits per heavy atom. The van der Waals surface area contributed by atoms with E-state index in [0.717, 1.165) is 11.1 Å². The lowest BCUT2D eigenvalue weighted by Gasteiger charge is -2.13. The summed E-state index contributed by atoms with van der Waals surface area (Å²) < 4.78 is 4.99. The van der Waals surface area contributed by atoms with Crippen LogP contribution in [0.1, 0.15) is 11.1 Å². The van der Waals surface area contributed by atoms with E-state index in [2.05, 4.69) is 4.98 Å². The van der Waals surface area contributed by atoms with Crippen molar-refractivity contribution in [2.24, 2.45) is 0 Å². The molecule has 0 amide bonds. The second kappa shape index (κ2) is 6.93. The van der Waals surface area contributed by atoms with Gasteiger partial charge in [0, 0.05) is 35.2 Å². The normalized spacial score (nSPS) is 12.2. The summed E-state index contributed by atoms with van der Waals surface area (Å²) in [6.45, 7) is 0. The molecule has 3 nitrogen and oxygen atoms in total. The van der Waals surface area contributed by atoms with E-state index in [1.807, 2.05) is 6.07 Å². The number of halogens is 2. The zero-order valence-electron chi connectivity index (χ0n) is 11.0. The van der Waals surface area contributed by atoms with E-state index < -0.39 is 6.10 Å². The maximum Gasteiger partial charge on any atom is 0.212 e. The monoisotopic (exact) mass is 311 g/mol. The molecule has 2 rings (SSSR count). The molecule has 106 valence electrons. The lowest BCUT2D eigenvalue weighted by atomic mass is 10.0. The van der Waals surface area contributed by atoms with E-state index in [0.29, 0.717) is 28.8 Å². The van der Waals surface area contributed by atoms with E-state index >= 15 is 0 Å². The topological polar surface area (TPSA) is 42.4 Å². The molecule has 20 heavy (non-hydrogen) atoms. The average molecular weight is 312 g/mol. The van der Waals surface area contributed by atoms with Gasteiger partial charge in [0.15, 0.2) is 0 Å². The van der Waals surface area contributed by atoms with E-state index in [1.165, 1.54) is 0 Å². The second-order valence-electron chi connectivity index (χ2n) is 4.47. The number of rotatable bonds is 5. The van der Waals surface area contributed by atoms with Crippen LogP contribution in [0.3, 0.4) is 0 Å². The van der Waals surface area contributed by atoms with Gasteiger partial charge in [-0.05, 0) is 23.3 Å². The molecule has 0 saturated heterocycles. The van der Waals surface area contributed by atoms with Gasteiger partial charge in [0.05, 0.1) is 13.2 Å². The molecule has 0 aliphatic rings. The zero-order valence-corrected chi connectivity index (χ0v) is 12.5. The summed E-state index contributed by atoms with van der Waals surface area (Å²) in [7, 11) is 1.57. The van der Waals surface area contributed by atoms with Crippen LogP contribution >= 0.6 is 23.2 Å². The molecule has 1 aromatic carbocycles. The number of methoxy groups -OCH3 is 1. The number of aliphatic hydroxyl groups excluding tert-OH is 1. The number of ether oxygens (including phenoxy) is 1. The Hall–Kier alpha value is -1.29. The van der Waals surface area contributed by atoms with Gasteiger partial charge in [0.25, 0.3) is 0 Å². The molecule has 0 radical (unpaired) electrons. The van der Waals surface area contributed by atoms with E-state index in [1.54, 1.807) is 37.6 Å². The molecule has 0 spiro atoms. The summed E-state index contributed by atoms with van der Waals surface area (Å²) in [4.78, 5) is 4.11. The number of nitrogens with zero attached hydrogens (tertiary/aromatic N) is 1. The van der Waals surface area contributed by atoms with Crippen molar-refractivity contribution >= 4 is 23.2 Å². The minimum atomic E-state index is -0.567. The Labute approximate surface area is 128 Å². The minimum Gasteiger partial charge on any atom is -0.481 e. The summed E-state index contributed by atoms with van der Waals surface area (Å²) in [6, 6.07) is 8.97. The number of benzene rings is 1. The lowest BCUT2D eigenvalue weighted by molar-refractivity contribution is 0.175. The summed E-state index contributed by atoms with van der Waals surface area (Å²) in [5, 5.41) is 11.3. The summed E-state index contributed by atoms with van der Waals surface area (Å²) in [6.07, 6.45) is 2.02. The first-order valence-electron chi connectivity index (χ1n) is 6.20. The van der Waals surface area contributed by atoms with E-state index in [9.17, 15) is 5.11 Å². The van der Waals surface area contributed by atoms with Gasteiger partial charge in [0.1, 0.15) is 0 Å². The van der Waals surface area contributed by atoms with Crippen LogP contribution in [0.2, 0.25) is 10.0 Å². The summed E-state index contributed by atoms with van der Waals surface area (Å²) in [5.74, 6) is 0.553. The van der Waals surface area contributed by atoms with Crippen molar-refractivity contribution in [1.82, 2.24) is 4.98 Å². The quantitative estimate of drug-likeness (QED) is 0.918. The van der Waals surface area contributed by atoms with Crippen LogP contribution in [0.25, 0.3) is 0 Å². The third kappa shape index (κ3) is 3.85. The summed E-state index contributed by atoms with van der Waals surface area (Å²) in [5.41, 5.74) is 1.70. The smallest absolute Gasteiger partial charge is 0.212 e. The van der Waals surface area contributed by atoms with Gasteiger partial charge in [-0.15, -0.1) is 0 Å². The van der Waals surface area contributed by atoms with Crippen LogP contribution in [-0.2, 0) is 12.8 Å². The van der Waals surface area contributed by atoms with Crippen molar-refractivity contribution in [3.8, 4) is 5.88 Å². The van der Waals surface area contributed by atoms with Crippen LogP contribution < -0.4 is 4.74 Å². The standard InChI is InChI=1S/C15H15Cl2NO2/c1-20-15-6-5-10(9-18-15)7-11(19)8-12-13(16)3-2-4-14(12)17/h2-6,9,11,19H,7-8H2,1H3. The number of hydrogen-bond donors (Lipinski definition) is 1. The third-order valence-electron chi connectivity index (χ3n) is 2.98. The number of pyridine rings is 1. The molecule has 2 aromatic rings. The predicted molar refractivity (Wildman–Crippen MR) is 80.7 cm³/mol. The zero-order chi connectivity index (χ0) is 14.5. The van der Waals surface area contributed by atoms with Crippen LogP contribution in [0.4, 0.5) is 0 Å². The highest BCUT2D eigenvalue weighted by atomic mass is 35.5. The molecular formula is C15H15Cl2NO2. The first kappa shape index (κ1) is 15.1. The molecule has 1 aromatic heterocycles. The Balaban J connectivity index is 2.03. The Morgan fingerprint density at radius 1 is 1.15 bits per heavy atom. The molecule has 1 atom stereocenters. The molecule has 0 bridgehead atoms. The molecule has 1 unspecified atom stereocenters. The predicted octanol–water partition coefficient (Wildman–Crippen LogP) is 3.54.